The topological polar surface area (TPSA) is 78.4 Å². The third-order valence-electron chi connectivity index (χ3n) is 1.41. The van der Waals surface area contributed by atoms with Crippen molar-refractivity contribution in [3.05, 3.63) is 0 Å². The molecule has 0 saturated carbocycles. The van der Waals surface area contributed by atoms with Crippen molar-refractivity contribution in [1.82, 2.24) is 10.6 Å². The quantitative estimate of drug-likeness (QED) is 0.518. The summed E-state index contributed by atoms with van der Waals surface area (Å²) in [6.45, 7) is 3.36. The van der Waals surface area contributed by atoms with Crippen LogP contribution in [0.5, 0.6) is 0 Å². The molecule has 3 N–H and O–H groups in total. The van der Waals surface area contributed by atoms with Crippen LogP contribution >= 0.6 is 0 Å². The zero-order valence-electron chi connectivity index (χ0n) is 7.96. The summed E-state index contributed by atoms with van der Waals surface area (Å²) in [5.41, 5.74) is 0. The van der Waals surface area contributed by atoms with Gasteiger partial charge in [0.1, 0.15) is 0 Å². The number of amides is 2. The third-order valence-corrected chi connectivity index (χ3v) is 1.41. The molecule has 0 aliphatic heterocycles. The molecule has 0 aliphatic carbocycles. The van der Waals surface area contributed by atoms with Gasteiger partial charge in [-0.3, -0.25) is 9.59 Å². The Kier molecular flexibility index (Phi) is 5.88. The second-order valence-corrected chi connectivity index (χ2v) is 2.88. The molecular formula is C8H16N2O3. The first-order valence-electron chi connectivity index (χ1n) is 4.21. The van der Waals surface area contributed by atoms with Crippen molar-refractivity contribution in [2.45, 2.75) is 26.3 Å². The number of hydrogen-bond acceptors (Lipinski definition) is 3. The minimum atomic E-state index is -0.232. The van der Waals surface area contributed by atoms with E-state index >= 15 is 0 Å². The van der Waals surface area contributed by atoms with Gasteiger partial charge >= 0.3 is 0 Å². The summed E-state index contributed by atoms with van der Waals surface area (Å²) in [6.07, 6.45) is 0.240. The lowest BCUT2D eigenvalue weighted by Gasteiger charge is -2.10. The highest BCUT2D eigenvalue weighted by Gasteiger charge is 2.05. The lowest BCUT2D eigenvalue weighted by Crippen LogP contribution is -2.37. The minimum absolute atomic E-state index is 0.0775. The Bertz CT molecular complexity index is 182. The van der Waals surface area contributed by atoms with E-state index in [-0.39, 0.29) is 30.9 Å². The fourth-order valence-corrected chi connectivity index (χ4v) is 0.745. The molecule has 13 heavy (non-hydrogen) atoms. The molecule has 0 rings (SSSR count). The summed E-state index contributed by atoms with van der Waals surface area (Å²) >= 11 is 0. The molecule has 0 aromatic heterocycles. The highest BCUT2D eigenvalue weighted by atomic mass is 16.3. The highest BCUT2D eigenvalue weighted by molar-refractivity contribution is 5.78. The molecule has 1 atom stereocenters. The van der Waals surface area contributed by atoms with Gasteiger partial charge < -0.3 is 15.7 Å². The van der Waals surface area contributed by atoms with Crippen molar-refractivity contribution >= 4 is 11.8 Å². The summed E-state index contributed by atoms with van der Waals surface area (Å²) in [5.74, 6) is -0.321. The van der Waals surface area contributed by atoms with E-state index in [9.17, 15) is 9.59 Å². The van der Waals surface area contributed by atoms with Crippen molar-refractivity contribution in [3.63, 3.8) is 0 Å². The van der Waals surface area contributed by atoms with Crippen molar-refractivity contribution < 1.29 is 14.7 Å². The smallest absolute Gasteiger partial charge is 0.222 e. The van der Waals surface area contributed by atoms with Crippen LogP contribution in [0.2, 0.25) is 0 Å². The van der Waals surface area contributed by atoms with Crippen LogP contribution in [0.4, 0.5) is 0 Å². The molecule has 0 unspecified atom stereocenters. The molecule has 5 heteroatoms. The van der Waals surface area contributed by atoms with Crippen molar-refractivity contribution in [2.75, 3.05) is 13.2 Å². The predicted octanol–water partition coefficient (Wildman–Crippen LogP) is -0.990. The zero-order valence-corrected chi connectivity index (χ0v) is 7.96. The van der Waals surface area contributed by atoms with Crippen LogP contribution in [0, 0.1) is 0 Å². The molecule has 0 fully saturated rings. The number of aliphatic hydroxyl groups excluding tert-OH is 1. The number of aliphatic hydroxyl groups is 1. The largest absolute Gasteiger partial charge is 0.394 e. The van der Waals surface area contributed by atoms with Crippen molar-refractivity contribution in [2.24, 2.45) is 0 Å². The number of nitrogens with one attached hydrogen (secondary N) is 2. The predicted molar refractivity (Wildman–Crippen MR) is 48.0 cm³/mol. The Balaban J connectivity index is 3.46. The Morgan fingerprint density at radius 1 is 1.46 bits per heavy atom. The molecule has 5 nitrogen and oxygen atoms in total. The number of carbonyl (C=O) groups excluding carboxylic acids is 2. The average Bonchev–Trinajstić information content (AvgIpc) is 2.03. The van der Waals surface area contributed by atoms with Crippen LogP contribution in [0.1, 0.15) is 20.3 Å². The summed E-state index contributed by atoms with van der Waals surface area (Å²) in [5, 5.41) is 13.7. The summed E-state index contributed by atoms with van der Waals surface area (Å²) in [4.78, 5) is 21.4. The third kappa shape index (κ3) is 7.27. The van der Waals surface area contributed by atoms with Gasteiger partial charge in [0.15, 0.2) is 0 Å². The van der Waals surface area contributed by atoms with Crippen LogP contribution in [-0.2, 0) is 9.59 Å². The molecule has 0 saturated heterocycles. The van der Waals surface area contributed by atoms with E-state index < -0.39 is 0 Å². The SMILES string of the molecule is CC(=O)NCCC(=O)N[C@H](C)CO. The summed E-state index contributed by atoms with van der Waals surface area (Å²) in [6, 6.07) is -0.232. The van der Waals surface area contributed by atoms with Gasteiger partial charge in [0.25, 0.3) is 0 Å². The van der Waals surface area contributed by atoms with E-state index in [1.54, 1.807) is 6.92 Å². The van der Waals surface area contributed by atoms with E-state index in [1.807, 2.05) is 0 Å². The second kappa shape index (κ2) is 6.42. The number of carbonyl (C=O) groups is 2. The number of hydrogen-bond donors (Lipinski definition) is 3. The van der Waals surface area contributed by atoms with E-state index in [2.05, 4.69) is 10.6 Å². The fraction of sp³-hybridized carbons (Fsp3) is 0.750. The average molecular weight is 188 g/mol. The first-order chi connectivity index (χ1) is 6.06. The number of rotatable bonds is 5. The maximum Gasteiger partial charge on any atom is 0.222 e. The molecular weight excluding hydrogens is 172 g/mol. The molecule has 0 aliphatic rings. The lowest BCUT2D eigenvalue weighted by atomic mass is 10.3. The van der Waals surface area contributed by atoms with E-state index in [0.29, 0.717) is 6.54 Å². The summed E-state index contributed by atoms with van der Waals surface area (Å²) < 4.78 is 0. The first-order valence-corrected chi connectivity index (χ1v) is 4.21. The van der Waals surface area contributed by atoms with Gasteiger partial charge in [-0.2, -0.15) is 0 Å². The normalized spacial score (nSPS) is 11.9. The molecule has 0 aromatic rings. The zero-order chi connectivity index (χ0) is 10.3. The monoisotopic (exact) mass is 188 g/mol. The van der Waals surface area contributed by atoms with Gasteiger partial charge in [0, 0.05) is 25.9 Å². The Morgan fingerprint density at radius 3 is 2.54 bits per heavy atom. The Labute approximate surface area is 77.5 Å². The first kappa shape index (κ1) is 11.9. The van der Waals surface area contributed by atoms with Gasteiger partial charge in [-0.05, 0) is 6.92 Å². The molecule has 0 radical (unpaired) electrons. The maximum absolute atomic E-state index is 11.0. The van der Waals surface area contributed by atoms with Gasteiger partial charge in [-0.1, -0.05) is 0 Å². The second-order valence-electron chi connectivity index (χ2n) is 2.88. The van der Waals surface area contributed by atoms with Crippen LogP contribution in [0.25, 0.3) is 0 Å². The molecule has 0 spiro atoms. The Hall–Kier alpha value is -1.10. The van der Waals surface area contributed by atoms with Gasteiger partial charge in [0.05, 0.1) is 6.61 Å². The van der Waals surface area contributed by atoms with Crippen LogP contribution < -0.4 is 10.6 Å². The molecule has 0 bridgehead atoms. The van der Waals surface area contributed by atoms with Crippen LogP contribution in [0.15, 0.2) is 0 Å². The maximum atomic E-state index is 11.0. The molecule has 76 valence electrons. The Morgan fingerprint density at radius 2 is 2.08 bits per heavy atom. The molecule has 0 aromatic carbocycles. The minimum Gasteiger partial charge on any atom is -0.394 e. The highest BCUT2D eigenvalue weighted by Crippen LogP contribution is 1.82. The lowest BCUT2D eigenvalue weighted by molar-refractivity contribution is -0.122. The van der Waals surface area contributed by atoms with E-state index in [1.165, 1.54) is 6.92 Å². The van der Waals surface area contributed by atoms with E-state index in [0.717, 1.165) is 0 Å². The van der Waals surface area contributed by atoms with Gasteiger partial charge in [-0.25, -0.2) is 0 Å². The van der Waals surface area contributed by atoms with E-state index in [4.69, 9.17) is 5.11 Å². The summed E-state index contributed by atoms with van der Waals surface area (Å²) in [7, 11) is 0. The van der Waals surface area contributed by atoms with Crippen molar-refractivity contribution in [1.29, 1.82) is 0 Å². The van der Waals surface area contributed by atoms with Crippen LogP contribution in [0.3, 0.4) is 0 Å². The molecule has 2 amide bonds. The van der Waals surface area contributed by atoms with Gasteiger partial charge in [0.2, 0.25) is 11.8 Å². The fourth-order valence-electron chi connectivity index (χ4n) is 0.745. The standard InChI is InChI=1S/C8H16N2O3/c1-6(5-11)10-8(13)3-4-9-7(2)12/h6,11H,3-5H2,1-2H3,(H,9,12)(H,10,13)/t6-/m1/s1. The van der Waals surface area contributed by atoms with Crippen molar-refractivity contribution in [3.8, 4) is 0 Å². The van der Waals surface area contributed by atoms with Crippen LogP contribution in [-0.4, -0.2) is 36.1 Å². The van der Waals surface area contributed by atoms with Gasteiger partial charge in [-0.15, -0.1) is 0 Å². The molecule has 0 heterocycles.